The molecule has 0 bridgehead atoms. The van der Waals surface area contributed by atoms with Crippen LogP contribution in [-0.4, -0.2) is 118 Å². The predicted octanol–water partition coefficient (Wildman–Crippen LogP) is 3.50. The van der Waals surface area contributed by atoms with Gasteiger partial charge in [0.15, 0.2) is 23.1 Å². The number of hydrogen-bond acceptors (Lipinski definition) is 16. The molecule has 0 aliphatic heterocycles. The summed E-state index contributed by atoms with van der Waals surface area (Å²) in [5, 5.41) is 8.62. The first kappa shape index (κ1) is 64.2. The minimum absolute atomic E-state index is 0.00180. The van der Waals surface area contributed by atoms with Gasteiger partial charge in [-0.3, -0.25) is 38.4 Å². The van der Waals surface area contributed by atoms with Crippen molar-refractivity contribution in [2.45, 2.75) is 127 Å². The van der Waals surface area contributed by atoms with E-state index >= 15 is 0 Å². The van der Waals surface area contributed by atoms with Crippen LogP contribution in [0, 0.1) is 0 Å². The quantitative estimate of drug-likeness (QED) is 0.0290. The molecular formula is C59H81N9O11. The van der Waals surface area contributed by atoms with Crippen LogP contribution in [0.15, 0.2) is 78.9 Å². The number of rotatable bonds is 38. The molecule has 0 heterocycles. The monoisotopic (exact) mass is 1090 g/mol. The molecule has 0 aliphatic rings. The van der Waals surface area contributed by atoms with E-state index in [1.54, 1.807) is 66.7 Å². The molecule has 20 heteroatoms. The molecule has 0 fully saturated rings. The fraction of sp³-hybridized carbons (Fsp3) is 0.458. The fourth-order valence-corrected chi connectivity index (χ4v) is 9.07. The van der Waals surface area contributed by atoms with Crippen molar-refractivity contribution in [2.24, 2.45) is 34.4 Å². The van der Waals surface area contributed by atoms with E-state index in [0.717, 1.165) is 12.8 Å². The molecule has 0 aliphatic carbocycles. The normalized spacial score (nSPS) is 12.6. The molecular weight excluding hydrogens is 1010 g/mol. The lowest BCUT2D eigenvalue weighted by Crippen LogP contribution is -2.42. The van der Waals surface area contributed by atoms with E-state index in [-0.39, 0.29) is 101 Å². The van der Waals surface area contributed by atoms with Crippen LogP contribution in [-0.2, 0) is 44.9 Å². The molecule has 0 spiro atoms. The first-order chi connectivity index (χ1) is 38.0. The minimum atomic E-state index is -0.988. The van der Waals surface area contributed by atoms with Gasteiger partial charge in [-0.05, 0) is 168 Å². The number of primary amides is 1. The van der Waals surface area contributed by atoms with Crippen molar-refractivity contribution in [1.29, 1.82) is 0 Å². The highest BCUT2D eigenvalue weighted by atomic mass is 16.5. The van der Waals surface area contributed by atoms with Crippen LogP contribution < -0.4 is 64.6 Å². The van der Waals surface area contributed by atoms with Gasteiger partial charge in [-0.1, -0.05) is 36.8 Å². The lowest BCUT2D eigenvalue weighted by atomic mass is 9.95. The van der Waals surface area contributed by atoms with Gasteiger partial charge < -0.3 is 64.6 Å². The number of hydrogen-bond donors (Lipinski definition) is 9. The van der Waals surface area contributed by atoms with Crippen molar-refractivity contribution < 1.29 is 52.6 Å². The molecule has 4 aromatic rings. The summed E-state index contributed by atoms with van der Waals surface area (Å²) in [6.07, 6.45) is 5.75. The number of benzene rings is 4. The Labute approximate surface area is 463 Å². The van der Waals surface area contributed by atoms with Crippen molar-refractivity contribution >= 4 is 46.8 Å². The largest absolute Gasteiger partial charge is 0.496 e. The van der Waals surface area contributed by atoms with Gasteiger partial charge in [-0.2, -0.15) is 0 Å². The maximum atomic E-state index is 14.2. The van der Waals surface area contributed by atoms with Gasteiger partial charge in [0, 0.05) is 31.2 Å². The zero-order chi connectivity index (χ0) is 57.9. The van der Waals surface area contributed by atoms with Crippen LogP contribution in [0.5, 0.6) is 17.2 Å². The Bertz CT molecular complexity index is 2720. The number of ether oxygens (including phenoxy) is 3. The average molecular weight is 1090 g/mol. The van der Waals surface area contributed by atoms with Crippen LogP contribution in [0.1, 0.15) is 141 Å². The maximum Gasteiger partial charge on any atom is 0.255 e. The van der Waals surface area contributed by atoms with E-state index in [2.05, 4.69) is 16.0 Å². The number of carbonyl (C=O) groups excluding carboxylic acids is 8. The lowest BCUT2D eigenvalue weighted by molar-refractivity contribution is -0.121. The van der Waals surface area contributed by atoms with E-state index < -0.39 is 47.8 Å². The summed E-state index contributed by atoms with van der Waals surface area (Å²) < 4.78 is 16.3. The van der Waals surface area contributed by atoms with Gasteiger partial charge in [0.2, 0.25) is 0 Å². The highest BCUT2D eigenvalue weighted by molar-refractivity contribution is 6.03. The zero-order valence-corrected chi connectivity index (χ0v) is 45.9. The third-order valence-electron chi connectivity index (χ3n) is 13.6. The van der Waals surface area contributed by atoms with Crippen LogP contribution >= 0.6 is 0 Å². The molecule has 4 amide bonds. The summed E-state index contributed by atoms with van der Waals surface area (Å²) in [5.41, 5.74) is 37.2. The topological polar surface area (TPSA) is 356 Å². The van der Waals surface area contributed by atoms with Gasteiger partial charge in [-0.15, -0.1) is 0 Å². The summed E-state index contributed by atoms with van der Waals surface area (Å²) in [4.78, 5) is 109. The predicted molar refractivity (Wildman–Crippen MR) is 302 cm³/mol. The summed E-state index contributed by atoms with van der Waals surface area (Å²) in [6, 6.07) is 17.2. The highest BCUT2D eigenvalue weighted by Gasteiger charge is 2.28. The van der Waals surface area contributed by atoms with Crippen molar-refractivity contribution in [3.63, 3.8) is 0 Å². The first-order valence-corrected chi connectivity index (χ1v) is 27.0. The number of carbonyl (C=O) groups is 8. The van der Waals surface area contributed by atoms with Crippen molar-refractivity contribution in [1.82, 2.24) is 16.0 Å². The van der Waals surface area contributed by atoms with E-state index in [0.29, 0.717) is 99.8 Å². The molecule has 4 aromatic carbocycles. The molecule has 0 saturated carbocycles. The fourth-order valence-electron chi connectivity index (χ4n) is 9.07. The van der Waals surface area contributed by atoms with Crippen LogP contribution in [0.25, 0.3) is 0 Å². The molecule has 20 nitrogen and oxygen atoms in total. The number of amides is 4. The van der Waals surface area contributed by atoms with E-state index in [1.165, 1.54) is 33.5 Å². The second kappa shape index (κ2) is 33.8. The van der Waals surface area contributed by atoms with Crippen molar-refractivity contribution in [3.8, 4) is 17.2 Å². The molecule has 0 radical (unpaired) electrons. The maximum absolute atomic E-state index is 14.2. The van der Waals surface area contributed by atoms with Crippen LogP contribution in [0.3, 0.4) is 0 Å². The number of unbranched alkanes of at least 4 members (excludes halogenated alkanes) is 4. The molecule has 4 atom stereocenters. The van der Waals surface area contributed by atoms with Gasteiger partial charge in [0.05, 0.1) is 62.2 Å². The molecule has 15 N–H and O–H groups in total. The number of nitrogens with one attached hydrogen (secondary N) is 3. The Morgan fingerprint density at radius 3 is 1.14 bits per heavy atom. The molecule has 79 heavy (non-hydrogen) atoms. The molecule has 0 aromatic heterocycles. The summed E-state index contributed by atoms with van der Waals surface area (Å²) in [6.45, 7) is 1.64. The Morgan fingerprint density at radius 2 is 0.759 bits per heavy atom. The van der Waals surface area contributed by atoms with Crippen molar-refractivity contribution in [3.05, 3.63) is 123 Å². The Hall–Kier alpha value is -7.36. The zero-order valence-electron chi connectivity index (χ0n) is 45.9. The standard InChI is InChI=1S/C59H81N9O11/c1-77-53-22-19-38(30-42(53)56(65)73)35-51(71)46(16-5-9-26-61)66-57(74)41-14-12-13-37(29-41)34-50(70)47(17-6-10-27-62)67-59(76)44-32-40(21-24-55(44)79-3)36-52(72)48(18-7-11-28-63)68-58(75)43-31-39(20-23-54(43)78-2)33-49(69)45(64)15-4-8-25-60/h12-14,19-24,29-32,45-48H,4-11,15-18,25-28,33-36,60-64H2,1-3H3,(H2,65,73)(H,66,74)(H,67,76)(H,68,75)/t45-,46-,47-,48-/m0/s1. The number of nitrogens with two attached hydrogens (primary N) is 6. The third kappa shape index (κ3) is 20.4. The first-order valence-electron chi connectivity index (χ1n) is 27.0. The lowest BCUT2D eigenvalue weighted by Gasteiger charge is -2.21. The van der Waals surface area contributed by atoms with Gasteiger partial charge in [0.25, 0.3) is 23.6 Å². The molecule has 0 unspecified atom stereocenters. The SMILES string of the molecule is COc1ccc(CC(=O)[C@H](CCCCN)NC(=O)c2cccc(CC(=O)[C@H](CCCCN)NC(=O)c3cc(CC(=O)[C@H](CCCCN)NC(=O)c4cc(CC(=O)[C@@H](N)CCCCN)ccc4OC)ccc3OC)c2)cc1C(N)=O. The summed E-state index contributed by atoms with van der Waals surface area (Å²) >= 11 is 0. The van der Waals surface area contributed by atoms with Crippen LogP contribution in [0.4, 0.5) is 0 Å². The molecule has 428 valence electrons. The van der Waals surface area contributed by atoms with E-state index in [4.69, 9.17) is 48.6 Å². The van der Waals surface area contributed by atoms with Gasteiger partial charge in [0.1, 0.15) is 17.2 Å². The molecule has 0 saturated heterocycles. The second-order valence-electron chi connectivity index (χ2n) is 19.6. The third-order valence-corrected chi connectivity index (χ3v) is 13.6. The van der Waals surface area contributed by atoms with Gasteiger partial charge in [-0.25, -0.2) is 0 Å². The molecule has 4 rings (SSSR count). The Kier molecular flexibility index (Phi) is 27.5. The van der Waals surface area contributed by atoms with Crippen molar-refractivity contribution in [2.75, 3.05) is 47.5 Å². The van der Waals surface area contributed by atoms with Crippen LogP contribution in [0.2, 0.25) is 0 Å². The minimum Gasteiger partial charge on any atom is -0.496 e. The number of methoxy groups -OCH3 is 3. The van der Waals surface area contributed by atoms with E-state index in [9.17, 15) is 38.4 Å². The second-order valence-corrected chi connectivity index (χ2v) is 19.6. The van der Waals surface area contributed by atoms with Gasteiger partial charge >= 0.3 is 0 Å². The Balaban J connectivity index is 1.51. The number of Topliss-reactive ketones (excluding diaryl/α,β-unsaturated/α-hetero) is 4. The average Bonchev–Trinajstić information content (AvgIpc) is 3.44. The Morgan fingerprint density at radius 1 is 0.418 bits per heavy atom. The number of ketones is 4. The smallest absolute Gasteiger partial charge is 0.255 e. The summed E-state index contributed by atoms with van der Waals surface area (Å²) in [7, 11) is 4.21. The van der Waals surface area contributed by atoms with E-state index in [1.807, 2.05) is 0 Å². The summed E-state index contributed by atoms with van der Waals surface area (Å²) in [5.74, 6) is -2.93. The highest BCUT2D eigenvalue weighted by Crippen LogP contribution is 2.25.